The highest BCUT2D eigenvalue weighted by molar-refractivity contribution is 7.92. The summed E-state index contributed by atoms with van der Waals surface area (Å²) in [7, 11) is -7.48. The molecule has 1 N–H and O–H groups in total. The van der Waals surface area contributed by atoms with Crippen molar-refractivity contribution in [2.24, 2.45) is 0 Å². The molecule has 0 saturated carbocycles. The van der Waals surface area contributed by atoms with E-state index in [-0.39, 0.29) is 21.2 Å². The first kappa shape index (κ1) is 17.4. The van der Waals surface area contributed by atoms with Gasteiger partial charge in [-0.05, 0) is 36.4 Å². The quantitative estimate of drug-likeness (QED) is 0.888. The van der Waals surface area contributed by atoms with E-state index >= 15 is 0 Å². The van der Waals surface area contributed by atoms with Gasteiger partial charge in [0, 0.05) is 6.07 Å². The van der Waals surface area contributed by atoms with Gasteiger partial charge in [0.2, 0.25) is 0 Å². The third-order valence-corrected chi connectivity index (χ3v) is 6.19. The second-order valence-corrected chi connectivity index (χ2v) is 8.57. The van der Waals surface area contributed by atoms with Gasteiger partial charge in [0.25, 0.3) is 10.0 Å². The monoisotopic (exact) mass is 361 g/mol. The van der Waals surface area contributed by atoms with Gasteiger partial charge in [0.1, 0.15) is 0 Å². The van der Waals surface area contributed by atoms with E-state index in [1.807, 2.05) is 0 Å². The standard InChI is InChI=1S/C14H13F2NO4S2/c1-2-22(18,19)11-4-6-12(7-5-11)23(20,21)17-10-3-8-13(15)14(16)9-10/h3-9,17H,2H2,1H3. The molecule has 0 saturated heterocycles. The molecular weight excluding hydrogens is 348 g/mol. The molecule has 2 aromatic carbocycles. The van der Waals surface area contributed by atoms with E-state index in [2.05, 4.69) is 4.72 Å². The summed E-state index contributed by atoms with van der Waals surface area (Å²) in [6, 6.07) is 7.20. The van der Waals surface area contributed by atoms with Crippen molar-refractivity contribution < 1.29 is 25.6 Å². The van der Waals surface area contributed by atoms with Gasteiger partial charge in [0.05, 0.1) is 21.2 Å². The van der Waals surface area contributed by atoms with Crippen LogP contribution in [0.2, 0.25) is 0 Å². The second kappa shape index (κ2) is 6.25. The first-order valence-electron chi connectivity index (χ1n) is 6.46. The Labute approximate surface area is 132 Å². The van der Waals surface area contributed by atoms with Crippen molar-refractivity contribution in [3.63, 3.8) is 0 Å². The fraction of sp³-hybridized carbons (Fsp3) is 0.143. The maximum absolute atomic E-state index is 13.1. The number of rotatable bonds is 5. The summed E-state index contributed by atoms with van der Waals surface area (Å²) in [5.41, 5.74) is -0.144. The average molecular weight is 361 g/mol. The summed E-state index contributed by atoms with van der Waals surface area (Å²) in [6.07, 6.45) is 0. The predicted octanol–water partition coefficient (Wildman–Crippen LogP) is 2.56. The summed E-state index contributed by atoms with van der Waals surface area (Å²) in [6.45, 7) is 1.48. The molecule has 0 aliphatic carbocycles. The molecule has 0 unspecified atom stereocenters. The third kappa shape index (κ3) is 3.85. The minimum Gasteiger partial charge on any atom is -0.280 e. The minimum absolute atomic E-state index is 0.00627. The van der Waals surface area contributed by atoms with Crippen LogP contribution in [0.25, 0.3) is 0 Å². The van der Waals surface area contributed by atoms with Gasteiger partial charge >= 0.3 is 0 Å². The Bertz CT molecular complexity index is 924. The van der Waals surface area contributed by atoms with Crippen LogP contribution in [-0.4, -0.2) is 22.6 Å². The number of nitrogens with one attached hydrogen (secondary N) is 1. The zero-order chi connectivity index (χ0) is 17.3. The van der Waals surface area contributed by atoms with E-state index in [4.69, 9.17) is 0 Å². The van der Waals surface area contributed by atoms with Gasteiger partial charge in [-0.2, -0.15) is 0 Å². The average Bonchev–Trinajstić information content (AvgIpc) is 2.51. The number of benzene rings is 2. The molecule has 2 aromatic rings. The highest BCUT2D eigenvalue weighted by atomic mass is 32.2. The molecule has 0 aliphatic rings. The molecular formula is C14H13F2NO4S2. The molecule has 0 bridgehead atoms. The van der Waals surface area contributed by atoms with Crippen molar-refractivity contribution in [1.82, 2.24) is 0 Å². The Morgan fingerprint density at radius 3 is 1.96 bits per heavy atom. The number of anilines is 1. The highest BCUT2D eigenvalue weighted by Gasteiger charge is 2.17. The van der Waals surface area contributed by atoms with Crippen molar-refractivity contribution in [1.29, 1.82) is 0 Å². The normalized spacial score (nSPS) is 12.1. The van der Waals surface area contributed by atoms with Crippen LogP contribution in [0.1, 0.15) is 6.92 Å². The number of halogens is 2. The van der Waals surface area contributed by atoms with Crippen molar-refractivity contribution in [2.75, 3.05) is 10.5 Å². The molecule has 23 heavy (non-hydrogen) atoms. The van der Waals surface area contributed by atoms with Gasteiger partial charge in [-0.25, -0.2) is 25.6 Å². The van der Waals surface area contributed by atoms with Gasteiger partial charge in [-0.15, -0.1) is 0 Å². The number of sulfone groups is 1. The summed E-state index contributed by atoms with van der Waals surface area (Å²) < 4.78 is 75.7. The number of hydrogen-bond donors (Lipinski definition) is 1. The van der Waals surface area contributed by atoms with Crippen molar-refractivity contribution in [3.8, 4) is 0 Å². The van der Waals surface area contributed by atoms with Gasteiger partial charge in [-0.1, -0.05) is 6.92 Å². The molecule has 0 amide bonds. The SMILES string of the molecule is CCS(=O)(=O)c1ccc(S(=O)(=O)Nc2ccc(F)c(F)c2)cc1. The Kier molecular flexibility index (Phi) is 4.71. The molecule has 2 rings (SSSR count). The summed E-state index contributed by atoms with van der Waals surface area (Å²) in [5, 5.41) is 0. The summed E-state index contributed by atoms with van der Waals surface area (Å²) >= 11 is 0. The van der Waals surface area contributed by atoms with Crippen LogP contribution >= 0.6 is 0 Å². The maximum atomic E-state index is 13.1. The molecule has 0 atom stereocenters. The van der Waals surface area contributed by atoms with Crippen molar-refractivity contribution in [2.45, 2.75) is 16.7 Å². The molecule has 0 fully saturated rings. The Morgan fingerprint density at radius 2 is 1.43 bits per heavy atom. The molecule has 0 aromatic heterocycles. The largest absolute Gasteiger partial charge is 0.280 e. The van der Waals surface area contributed by atoms with E-state index in [1.54, 1.807) is 0 Å². The predicted molar refractivity (Wildman–Crippen MR) is 81.3 cm³/mol. The minimum atomic E-state index is -4.05. The van der Waals surface area contributed by atoms with E-state index < -0.39 is 31.5 Å². The number of sulfonamides is 1. The third-order valence-electron chi connectivity index (χ3n) is 3.05. The summed E-state index contributed by atoms with van der Waals surface area (Å²) in [4.78, 5) is -0.191. The molecule has 0 spiro atoms. The fourth-order valence-corrected chi connectivity index (χ4v) is 3.70. The smallest absolute Gasteiger partial charge is 0.261 e. The second-order valence-electron chi connectivity index (χ2n) is 4.61. The molecule has 9 heteroatoms. The first-order chi connectivity index (χ1) is 10.7. The zero-order valence-corrected chi connectivity index (χ0v) is 13.6. The van der Waals surface area contributed by atoms with Crippen molar-refractivity contribution >= 4 is 25.5 Å². The highest BCUT2D eigenvalue weighted by Crippen LogP contribution is 2.20. The van der Waals surface area contributed by atoms with Crippen LogP contribution in [0.3, 0.4) is 0 Å². The van der Waals surface area contributed by atoms with Crippen molar-refractivity contribution in [3.05, 3.63) is 54.1 Å². The lowest BCUT2D eigenvalue weighted by Gasteiger charge is -2.09. The Balaban J connectivity index is 2.31. The van der Waals surface area contributed by atoms with Gasteiger partial charge < -0.3 is 0 Å². The van der Waals surface area contributed by atoms with Gasteiger partial charge in [0.15, 0.2) is 21.5 Å². The van der Waals surface area contributed by atoms with E-state index in [0.717, 1.165) is 24.3 Å². The summed E-state index contributed by atoms with van der Waals surface area (Å²) in [5.74, 6) is -2.39. The number of hydrogen-bond acceptors (Lipinski definition) is 4. The molecule has 5 nitrogen and oxygen atoms in total. The lowest BCUT2D eigenvalue weighted by Crippen LogP contribution is -2.13. The van der Waals surface area contributed by atoms with Crippen LogP contribution in [0.5, 0.6) is 0 Å². The molecule has 0 aliphatic heterocycles. The topological polar surface area (TPSA) is 80.3 Å². The van der Waals surface area contributed by atoms with Crippen LogP contribution in [0.4, 0.5) is 14.5 Å². The van der Waals surface area contributed by atoms with E-state index in [9.17, 15) is 25.6 Å². The molecule has 124 valence electrons. The molecule has 0 heterocycles. The van der Waals surface area contributed by atoms with E-state index in [1.165, 1.54) is 19.1 Å². The Hall–Kier alpha value is -2.00. The lowest BCUT2D eigenvalue weighted by molar-refractivity contribution is 0.509. The molecule has 0 radical (unpaired) electrons. The van der Waals surface area contributed by atoms with Gasteiger partial charge in [-0.3, -0.25) is 4.72 Å². The van der Waals surface area contributed by atoms with Crippen LogP contribution < -0.4 is 4.72 Å². The Morgan fingerprint density at radius 1 is 0.870 bits per heavy atom. The van der Waals surface area contributed by atoms with Crippen LogP contribution in [-0.2, 0) is 19.9 Å². The first-order valence-corrected chi connectivity index (χ1v) is 9.60. The maximum Gasteiger partial charge on any atom is 0.261 e. The van der Waals surface area contributed by atoms with Crippen LogP contribution in [0, 0.1) is 11.6 Å². The fourth-order valence-electron chi connectivity index (χ4n) is 1.77. The lowest BCUT2D eigenvalue weighted by atomic mass is 10.3. The zero-order valence-electron chi connectivity index (χ0n) is 12.0. The van der Waals surface area contributed by atoms with E-state index in [0.29, 0.717) is 6.07 Å². The van der Waals surface area contributed by atoms with Crippen LogP contribution in [0.15, 0.2) is 52.3 Å².